The summed E-state index contributed by atoms with van der Waals surface area (Å²) in [4.78, 5) is 12.1. The van der Waals surface area contributed by atoms with Crippen molar-refractivity contribution in [1.82, 2.24) is 5.32 Å². The van der Waals surface area contributed by atoms with Gasteiger partial charge in [0.1, 0.15) is 22.9 Å². The van der Waals surface area contributed by atoms with Crippen LogP contribution in [0.2, 0.25) is 0 Å². The Labute approximate surface area is 159 Å². The molecule has 2 rings (SSSR count). The van der Waals surface area contributed by atoms with Gasteiger partial charge in [0.25, 0.3) is 5.91 Å². The Morgan fingerprint density at radius 2 is 1.79 bits per heavy atom. The second kappa shape index (κ2) is 9.82. The maximum Gasteiger partial charge on any atom is 0.387 e. The standard InChI is InChI=1S/C19H19F4NO4/c1-3-6-27-15-5-4-11(7-16(15)26-2)10-24-18(25)17-13(20)8-12(9-14(17)21)28-19(22)23/h4-5,7-9,19H,3,6,10H2,1-2H3,(H,24,25). The Kier molecular flexibility index (Phi) is 7.48. The highest BCUT2D eigenvalue weighted by atomic mass is 19.3. The highest BCUT2D eigenvalue weighted by molar-refractivity contribution is 5.94. The molecule has 5 nitrogen and oxygen atoms in total. The molecular weight excluding hydrogens is 382 g/mol. The van der Waals surface area contributed by atoms with E-state index in [-0.39, 0.29) is 6.54 Å². The van der Waals surface area contributed by atoms with Gasteiger partial charge in [0.05, 0.1) is 13.7 Å². The van der Waals surface area contributed by atoms with Gasteiger partial charge in [0.15, 0.2) is 11.5 Å². The molecule has 9 heteroatoms. The van der Waals surface area contributed by atoms with Crippen LogP contribution in [-0.2, 0) is 6.54 Å². The van der Waals surface area contributed by atoms with Crippen LogP contribution < -0.4 is 19.5 Å². The van der Waals surface area contributed by atoms with Gasteiger partial charge in [-0.15, -0.1) is 0 Å². The fraction of sp³-hybridized carbons (Fsp3) is 0.316. The smallest absolute Gasteiger partial charge is 0.387 e. The van der Waals surface area contributed by atoms with E-state index in [1.807, 2.05) is 6.92 Å². The molecule has 0 unspecified atom stereocenters. The number of benzene rings is 2. The van der Waals surface area contributed by atoms with Crippen LogP contribution in [0.5, 0.6) is 17.2 Å². The van der Waals surface area contributed by atoms with Gasteiger partial charge >= 0.3 is 6.61 Å². The fourth-order valence-corrected chi connectivity index (χ4v) is 2.36. The Bertz CT molecular complexity index is 807. The summed E-state index contributed by atoms with van der Waals surface area (Å²) in [6.07, 6.45) is 0.819. The molecule has 152 valence electrons. The minimum atomic E-state index is -3.24. The zero-order valence-corrected chi connectivity index (χ0v) is 15.2. The number of hydrogen-bond acceptors (Lipinski definition) is 4. The molecule has 1 amide bonds. The van der Waals surface area contributed by atoms with Crippen molar-refractivity contribution in [2.24, 2.45) is 0 Å². The number of methoxy groups -OCH3 is 1. The average molecular weight is 401 g/mol. The van der Waals surface area contributed by atoms with Gasteiger partial charge in [0, 0.05) is 18.7 Å². The Balaban J connectivity index is 2.09. The first-order valence-electron chi connectivity index (χ1n) is 8.37. The lowest BCUT2D eigenvalue weighted by Gasteiger charge is -2.13. The molecule has 0 aliphatic heterocycles. The summed E-state index contributed by atoms with van der Waals surface area (Å²) >= 11 is 0. The van der Waals surface area contributed by atoms with Crippen molar-refractivity contribution >= 4 is 5.91 Å². The quantitative estimate of drug-likeness (QED) is 0.637. The van der Waals surface area contributed by atoms with Crippen molar-refractivity contribution in [3.05, 3.63) is 53.1 Å². The zero-order chi connectivity index (χ0) is 20.7. The number of nitrogens with one attached hydrogen (secondary N) is 1. The van der Waals surface area contributed by atoms with Crippen molar-refractivity contribution in [2.75, 3.05) is 13.7 Å². The molecule has 0 atom stereocenters. The number of ether oxygens (including phenoxy) is 3. The first-order chi connectivity index (χ1) is 13.3. The van der Waals surface area contributed by atoms with Gasteiger partial charge in [-0.05, 0) is 24.1 Å². The lowest BCUT2D eigenvalue weighted by molar-refractivity contribution is -0.0501. The van der Waals surface area contributed by atoms with E-state index < -0.39 is 35.5 Å². The lowest BCUT2D eigenvalue weighted by atomic mass is 10.1. The van der Waals surface area contributed by atoms with Crippen LogP contribution in [0.15, 0.2) is 30.3 Å². The summed E-state index contributed by atoms with van der Waals surface area (Å²) in [5, 5.41) is 2.37. The number of hydrogen-bond donors (Lipinski definition) is 1. The second-order valence-corrected chi connectivity index (χ2v) is 5.66. The maximum atomic E-state index is 14.0. The first-order valence-corrected chi connectivity index (χ1v) is 8.37. The summed E-state index contributed by atoms with van der Waals surface area (Å²) in [6.45, 7) is -0.813. The molecule has 0 spiro atoms. The molecule has 0 saturated carbocycles. The highest BCUT2D eigenvalue weighted by Gasteiger charge is 2.20. The van der Waals surface area contributed by atoms with Crippen LogP contribution in [-0.4, -0.2) is 26.2 Å². The summed E-state index contributed by atoms with van der Waals surface area (Å²) in [5.74, 6) is -3.39. The van der Waals surface area contributed by atoms with Crippen molar-refractivity contribution in [1.29, 1.82) is 0 Å². The SMILES string of the molecule is CCCOc1ccc(CNC(=O)c2c(F)cc(OC(F)F)cc2F)cc1OC. The molecule has 28 heavy (non-hydrogen) atoms. The third kappa shape index (κ3) is 5.51. The molecule has 0 aromatic heterocycles. The molecule has 0 heterocycles. The Morgan fingerprint density at radius 1 is 1.11 bits per heavy atom. The molecule has 0 saturated heterocycles. The van der Waals surface area contributed by atoms with E-state index in [0.717, 1.165) is 6.42 Å². The third-order valence-corrected chi connectivity index (χ3v) is 3.61. The summed E-state index contributed by atoms with van der Waals surface area (Å²) in [5.41, 5.74) is -0.288. The maximum absolute atomic E-state index is 14.0. The predicted octanol–water partition coefficient (Wildman–Crippen LogP) is 4.29. The van der Waals surface area contributed by atoms with Crippen LogP contribution in [0.3, 0.4) is 0 Å². The number of alkyl halides is 2. The van der Waals surface area contributed by atoms with E-state index in [1.165, 1.54) is 7.11 Å². The number of halogens is 4. The monoisotopic (exact) mass is 401 g/mol. The number of carbonyl (C=O) groups excluding carboxylic acids is 1. The van der Waals surface area contributed by atoms with E-state index >= 15 is 0 Å². The van der Waals surface area contributed by atoms with Crippen LogP contribution in [0, 0.1) is 11.6 Å². The topological polar surface area (TPSA) is 56.8 Å². The molecule has 2 aromatic carbocycles. The molecule has 0 bridgehead atoms. The number of rotatable bonds is 9. The second-order valence-electron chi connectivity index (χ2n) is 5.66. The third-order valence-electron chi connectivity index (χ3n) is 3.61. The summed E-state index contributed by atoms with van der Waals surface area (Å²) in [7, 11) is 1.46. The van der Waals surface area contributed by atoms with E-state index in [2.05, 4.69) is 10.1 Å². The Morgan fingerprint density at radius 3 is 2.36 bits per heavy atom. The largest absolute Gasteiger partial charge is 0.493 e. The predicted molar refractivity (Wildman–Crippen MR) is 92.9 cm³/mol. The van der Waals surface area contributed by atoms with Gasteiger partial charge in [-0.3, -0.25) is 4.79 Å². The van der Waals surface area contributed by atoms with Gasteiger partial charge in [0.2, 0.25) is 0 Å². The summed E-state index contributed by atoms with van der Waals surface area (Å²) in [6, 6.07) is 5.99. The highest BCUT2D eigenvalue weighted by Crippen LogP contribution is 2.28. The molecule has 2 aromatic rings. The molecule has 1 N–H and O–H groups in total. The van der Waals surface area contributed by atoms with Gasteiger partial charge in [-0.1, -0.05) is 13.0 Å². The molecular formula is C19H19F4NO4. The van der Waals surface area contributed by atoms with Crippen molar-refractivity contribution in [2.45, 2.75) is 26.5 Å². The van der Waals surface area contributed by atoms with E-state index in [0.29, 0.717) is 35.8 Å². The Hall–Kier alpha value is -2.97. The fourth-order valence-electron chi connectivity index (χ4n) is 2.36. The van der Waals surface area contributed by atoms with Crippen LogP contribution in [0.25, 0.3) is 0 Å². The van der Waals surface area contributed by atoms with Crippen LogP contribution in [0.1, 0.15) is 29.3 Å². The van der Waals surface area contributed by atoms with Crippen LogP contribution >= 0.6 is 0 Å². The zero-order valence-electron chi connectivity index (χ0n) is 15.2. The summed E-state index contributed by atoms with van der Waals surface area (Å²) < 4.78 is 66.9. The normalized spacial score (nSPS) is 10.7. The van der Waals surface area contributed by atoms with Crippen molar-refractivity contribution < 1.29 is 36.6 Å². The van der Waals surface area contributed by atoms with Gasteiger partial charge in [-0.25, -0.2) is 8.78 Å². The average Bonchev–Trinajstić information content (AvgIpc) is 2.63. The minimum absolute atomic E-state index is 0.0442. The first kappa shape index (κ1) is 21.3. The molecule has 0 radical (unpaired) electrons. The number of amides is 1. The van der Waals surface area contributed by atoms with E-state index in [4.69, 9.17) is 9.47 Å². The molecule has 0 aliphatic carbocycles. The minimum Gasteiger partial charge on any atom is -0.493 e. The van der Waals surface area contributed by atoms with Gasteiger partial charge < -0.3 is 19.5 Å². The van der Waals surface area contributed by atoms with Crippen molar-refractivity contribution in [3.8, 4) is 17.2 Å². The number of carbonyl (C=O) groups is 1. The van der Waals surface area contributed by atoms with E-state index in [1.54, 1.807) is 18.2 Å². The molecule has 0 fully saturated rings. The molecule has 0 aliphatic rings. The van der Waals surface area contributed by atoms with Crippen LogP contribution in [0.4, 0.5) is 17.6 Å². The lowest BCUT2D eigenvalue weighted by Crippen LogP contribution is -2.25. The van der Waals surface area contributed by atoms with Crippen molar-refractivity contribution in [3.63, 3.8) is 0 Å². The van der Waals surface area contributed by atoms with E-state index in [9.17, 15) is 22.4 Å². The van der Waals surface area contributed by atoms with Gasteiger partial charge in [-0.2, -0.15) is 8.78 Å².